The summed E-state index contributed by atoms with van der Waals surface area (Å²) in [6.07, 6.45) is 4.11. The number of nitrogens with two attached hydrogens (primary N) is 1. The molecule has 32 heavy (non-hydrogen) atoms. The third-order valence-corrected chi connectivity index (χ3v) is 6.90. The molecule has 2 heterocycles. The summed E-state index contributed by atoms with van der Waals surface area (Å²) in [7, 11) is 0. The third-order valence-electron chi connectivity index (χ3n) is 6.67. The molecule has 2 amide bonds. The molecule has 0 saturated carbocycles. The van der Waals surface area contributed by atoms with Crippen LogP contribution >= 0.6 is 11.6 Å². The van der Waals surface area contributed by atoms with Crippen LogP contribution in [-0.2, 0) is 17.8 Å². The fraction of sp³-hybridized carbons (Fsp3) is 0.440. The third kappa shape index (κ3) is 5.81. The maximum Gasteiger partial charge on any atom is 0.409 e. The highest BCUT2D eigenvalue weighted by Gasteiger charge is 2.44. The SMILES string of the molecule is NC(=O)Oc1ccc(CN2CC3(CCN(CCCc4cccc(Cl)c4)CC3)CC2=O)cc1. The number of ether oxygens (including phenoxy) is 1. The van der Waals surface area contributed by atoms with E-state index in [9.17, 15) is 9.59 Å². The number of piperidine rings is 1. The van der Waals surface area contributed by atoms with Gasteiger partial charge in [-0.15, -0.1) is 0 Å². The molecule has 0 atom stereocenters. The Morgan fingerprint density at radius 1 is 1.09 bits per heavy atom. The van der Waals surface area contributed by atoms with E-state index in [4.69, 9.17) is 22.1 Å². The number of hydrogen-bond acceptors (Lipinski definition) is 4. The number of aryl methyl sites for hydroxylation is 1. The molecule has 0 bridgehead atoms. The summed E-state index contributed by atoms with van der Waals surface area (Å²) in [4.78, 5) is 28.1. The number of benzene rings is 2. The lowest BCUT2D eigenvalue weighted by Gasteiger charge is -2.38. The van der Waals surface area contributed by atoms with Gasteiger partial charge in [-0.25, -0.2) is 4.79 Å². The van der Waals surface area contributed by atoms with Gasteiger partial charge in [-0.3, -0.25) is 4.79 Å². The van der Waals surface area contributed by atoms with E-state index in [1.165, 1.54) is 5.56 Å². The highest BCUT2D eigenvalue weighted by Crippen LogP contribution is 2.41. The number of nitrogens with zero attached hydrogens (tertiary/aromatic N) is 2. The Kier molecular flexibility index (Phi) is 7.01. The van der Waals surface area contributed by atoms with Gasteiger partial charge < -0.3 is 20.3 Å². The maximum atomic E-state index is 12.7. The lowest BCUT2D eigenvalue weighted by Crippen LogP contribution is -2.41. The van der Waals surface area contributed by atoms with Crippen molar-refractivity contribution in [3.05, 3.63) is 64.7 Å². The summed E-state index contributed by atoms with van der Waals surface area (Å²) in [6.45, 7) is 4.59. The first kappa shape index (κ1) is 22.6. The van der Waals surface area contributed by atoms with Crippen molar-refractivity contribution in [1.29, 1.82) is 0 Å². The largest absolute Gasteiger partial charge is 0.411 e. The van der Waals surface area contributed by atoms with Gasteiger partial charge in [0.1, 0.15) is 5.75 Å². The van der Waals surface area contributed by atoms with Gasteiger partial charge in [0.2, 0.25) is 5.91 Å². The fourth-order valence-electron chi connectivity index (χ4n) is 4.91. The predicted octanol–water partition coefficient (Wildman–Crippen LogP) is 4.24. The van der Waals surface area contributed by atoms with Crippen molar-refractivity contribution >= 4 is 23.6 Å². The molecule has 6 nitrogen and oxygen atoms in total. The van der Waals surface area contributed by atoms with E-state index in [1.807, 2.05) is 35.2 Å². The molecule has 2 fully saturated rings. The molecular formula is C25H30ClN3O3. The average molecular weight is 456 g/mol. The van der Waals surface area contributed by atoms with Gasteiger partial charge in [0, 0.05) is 24.5 Å². The van der Waals surface area contributed by atoms with Gasteiger partial charge >= 0.3 is 6.09 Å². The maximum absolute atomic E-state index is 12.7. The van der Waals surface area contributed by atoms with Gasteiger partial charge in [0.25, 0.3) is 0 Å². The van der Waals surface area contributed by atoms with Crippen molar-refractivity contribution in [2.45, 2.75) is 38.6 Å². The standard InChI is InChI=1S/C25H30ClN3O3/c26-21-5-1-3-19(15-21)4-2-12-28-13-10-25(11-14-28)16-23(30)29(18-25)17-20-6-8-22(9-7-20)32-24(27)31/h1,3,5-9,15H,2,4,10-14,16-18H2,(H2,27,31). The zero-order valence-electron chi connectivity index (χ0n) is 18.3. The van der Waals surface area contributed by atoms with E-state index >= 15 is 0 Å². The summed E-state index contributed by atoms with van der Waals surface area (Å²) < 4.78 is 4.87. The number of amides is 2. The second-order valence-electron chi connectivity index (χ2n) is 9.07. The zero-order valence-corrected chi connectivity index (χ0v) is 19.0. The normalized spacial score (nSPS) is 18.3. The quantitative estimate of drug-likeness (QED) is 0.677. The summed E-state index contributed by atoms with van der Waals surface area (Å²) in [6, 6.07) is 15.3. The molecule has 7 heteroatoms. The molecule has 0 aromatic heterocycles. The minimum Gasteiger partial charge on any atom is -0.411 e. The van der Waals surface area contributed by atoms with Crippen LogP contribution in [0.1, 0.15) is 36.8 Å². The first-order valence-corrected chi connectivity index (χ1v) is 11.6. The number of carbonyl (C=O) groups excluding carboxylic acids is 2. The topological polar surface area (TPSA) is 75.9 Å². The summed E-state index contributed by atoms with van der Waals surface area (Å²) >= 11 is 6.08. The molecule has 170 valence electrons. The molecule has 2 aliphatic rings. The molecule has 1 spiro atoms. The number of halogens is 1. The first-order valence-electron chi connectivity index (χ1n) is 11.2. The van der Waals surface area contributed by atoms with Crippen LogP contribution in [-0.4, -0.2) is 48.0 Å². The lowest BCUT2D eigenvalue weighted by atomic mass is 9.77. The summed E-state index contributed by atoms with van der Waals surface area (Å²) in [5.41, 5.74) is 7.45. The van der Waals surface area contributed by atoms with Crippen molar-refractivity contribution in [2.75, 3.05) is 26.2 Å². The van der Waals surface area contributed by atoms with Crippen LogP contribution in [0.15, 0.2) is 48.5 Å². The highest BCUT2D eigenvalue weighted by molar-refractivity contribution is 6.30. The Morgan fingerprint density at radius 2 is 1.84 bits per heavy atom. The molecule has 2 aromatic rings. The summed E-state index contributed by atoms with van der Waals surface area (Å²) in [5.74, 6) is 0.644. The van der Waals surface area contributed by atoms with Crippen LogP contribution in [0.5, 0.6) is 5.75 Å². The monoisotopic (exact) mass is 455 g/mol. The second kappa shape index (κ2) is 9.92. The van der Waals surface area contributed by atoms with E-state index in [2.05, 4.69) is 11.0 Å². The minimum absolute atomic E-state index is 0.107. The molecule has 2 saturated heterocycles. The lowest BCUT2D eigenvalue weighted by molar-refractivity contribution is -0.128. The van der Waals surface area contributed by atoms with E-state index < -0.39 is 6.09 Å². The molecular weight excluding hydrogens is 426 g/mol. The van der Waals surface area contributed by atoms with E-state index in [-0.39, 0.29) is 11.3 Å². The van der Waals surface area contributed by atoms with Crippen LogP contribution in [0.2, 0.25) is 5.02 Å². The average Bonchev–Trinajstić information content (AvgIpc) is 3.05. The van der Waals surface area contributed by atoms with Crippen LogP contribution in [0.25, 0.3) is 0 Å². The molecule has 2 N–H and O–H groups in total. The molecule has 4 rings (SSSR count). The molecule has 2 aliphatic heterocycles. The van der Waals surface area contributed by atoms with Crippen LogP contribution in [0.3, 0.4) is 0 Å². The van der Waals surface area contributed by atoms with Gasteiger partial charge in [-0.05, 0) is 86.1 Å². The first-order chi connectivity index (χ1) is 15.4. The van der Waals surface area contributed by atoms with E-state index in [0.717, 1.165) is 62.4 Å². The number of carbonyl (C=O) groups is 2. The van der Waals surface area contributed by atoms with Crippen molar-refractivity contribution < 1.29 is 14.3 Å². The van der Waals surface area contributed by atoms with Gasteiger partial charge in [0.15, 0.2) is 0 Å². The van der Waals surface area contributed by atoms with Crippen molar-refractivity contribution in [1.82, 2.24) is 9.80 Å². The van der Waals surface area contributed by atoms with Crippen LogP contribution in [0, 0.1) is 5.41 Å². The smallest absolute Gasteiger partial charge is 0.409 e. The molecule has 2 aromatic carbocycles. The molecule has 0 aliphatic carbocycles. The van der Waals surface area contributed by atoms with Crippen LogP contribution < -0.4 is 10.5 Å². The Hall–Kier alpha value is -2.57. The van der Waals surface area contributed by atoms with E-state index in [0.29, 0.717) is 18.7 Å². The Labute approximate surface area is 194 Å². The van der Waals surface area contributed by atoms with Gasteiger partial charge in [-0.1, -0.05) is 35.9 Å². The zero-order chi connectivity index (χ0) is 22.6. The van der Waals surface area contributed by atoms with Crippen LogP contribution in [0.4, 0.5) is 4.79 Å². The van der Waals surface area contributed by atoms with E-state index in [1.54, 1.807) is 12.1 Å². The Morgan fingerprint density at radius 3 is 2.53 bits per heavy atom. The predicted molar refractivity (Wildman–Crippen MR) is 125 cm³/mol. The molecule has 0 radical (unpaired) electrons. The number of rotatable bonds is 7. The number of primary amides is 1. The Balaban J connectivity index is 1.23. The minimum atomic E-state index is -0.829. The van der Waals surface area contributed by atoms with Crippen molar-refractivity contribution in [2.24, 2.45) is 11.1 Å². The highest BCUT2D eigenvalue weighted by atomic mass is 35.5. The van der Waals surface area contributed by atoms with Crippen molar-refractivity contribution in [3.63, 3.8) is 0 Å². The number of hydrogen-bond donors (Lipinski definition) is 1. The van der Waals surface area contributed by atoms with Gasteiger partial charge in [-0.2, -0.15) is 0 Å². The number of likely N-dealkylation sites (tertiary alicyclic amines) is 2. The van der Waals surface area contributed by atoms with Gasteiger partial charge in [0.05, 0.1) is 0 Å². The second-order valence-corrected chi connectivity index (χ2v) is 9.50. The summed E-state index contributed by atoms with van der Waals surface area (Å²) in [5, 5.41) is 0.799. The van der Waals surface area contributed by atoms with Crippen molar-refractivity contribution in [3.8, 4) is 5.75 Å². The molecule has 0 unspecified atom stereocenters. The fourth-order valence-corrected chi connectivity index (χ4v) is 5.12. The Bertz CT molecular complexity index is 955.